The van der Waals surface area contributed by atoms with E-state index < -0.39 is 0 Å². The van der Waals surface area contributed by atoms with Crippen LogP contribution in [-0.2, 0) is 9.53 Å². The summed E-state index contributed by atoms with van der Waals surface area (Å²) in [6, 6.07) is 8.25. The molecule has 1 aliphatic rings. The number of carbonyl (C=O) groups is 1. The van der Waals surface area contributed by atoms with Crippen LogP contribution in [0.1, 0.15) is 57.4 Å². The topological polar surface area (TPSA) is 35.5 Å². The molecular formula is C17H24O3. The first kappa shape index (κ1) is 14.9. The number of rotatable bonds is 5. The number of carbonyl (C=O) groups excluding carboxylic acids is 1. The molecule has 0 aliphatic heterocycles. The van der Waals surface area contributed by atoms with Gasteiger partial charge in [-0.1, -0.05) is 25.5 Å². The van der Waals surface area contributed by atoms with E-state index in [9.17, 15) is 4.79 Å². The van der Waals surface area contributed by atoms with E-state index in [1.54, 1.807) is 0 Å². The lowest BCUT2D eigenvalue weighted by Gasteiger charge is -2.31. The van der Waals surface area contributed by atoms with Crippen LogP contribution in [0.2, 0.25) is 0 Å². The van der Waals surface area contributed by atoms with Crippen LogP contribution in [0.3, 0.4) is 0 Å². The van der Waals surface area contributed by atoms with Gasteiger partial charge in [0.1, 0.15) is 11.9 Å². The molecule has 1 saturated carbocycles. The Morgan fingerprint density at radius 2 is 1.90 bits per heavy atom. The lowest BCUT2D eigenvalue weighted by atomic mass is 9.81. The molecule has 0 radical (unpaired) electrons. The van der Waals surface area contributed by atoms with E-state index in [0.717, 1.165) is 38.0 Å². The second-order valence-electron chi connectivity index (χ2n) is 5.46. The van der Waals surface area contributed by atoms with E-state index >= 15 is 0 Å². The van der Waals surface area contributed by atoms with Crippen molar-refractivity contribution in [3.05, 3.63) is 29.8 Å². The van der Waals surface area contributed by atoms with Crippen LogP contribution in [0.15, 0.2) is 24.3 Å². The lowest BCUT2D eigenvalue weighted by Crippen LogP contribution is -2.27. The van der Waals surface area contributed by atoms with Gasteiger partial charge in [-0.2, -0.15) is 0 Å². The molecule has 0 unspecified atom stereocenters. The zero-order valence-corrected chi connectivity index (χ0v) is 12.4. The van der Waals surface area contributed by atoms with Crippen molar-refractivity contribution < 1.29 is 14.3 Å². The van der Waals surface area contributed by atoms with Gasteiger partial charge in [-0.15, -0.1) is 0 Å². The maximum atomic E-state index is 11.2. The third kappa shape index (κ3) is 3.99. The fourth-order valence-corrected chi connectivity index (χ4v) is 2.86. The van der Waals surface area contributed by atoms with E-state index in [2.05, 4.69) is 19.1 Å². The van der Waals surface area contributed by atoms with Crippen molar-refractivity contribution in [3.8, 4) is 5.75 Å². The fraction of sp³-hybridized carbons (Fsp3) is 0.588. The van der Waals surface area contributed by atoms with Crippen LogP contribution in [0.5, 0.6) is 5.75 Å². The Kier molecular flexibility index (Phi) is 5.45. The van der Waals surface area contributed by atoms with Gasteiger partial charge in [0.15, 0.2) is 0 Å². The Bertz CT molecular complexity index is 424. The molecule has 0 N–H and O–H groups in total. The van der Waals surface area contributed by atoms with Gasteiger partial charge in [-0.05, 0) is 43.4 Å². The molecule has 0 spiro atoms. The van der Waals surface area contributed by atoms with Crippen molar-refractivity contribution in [2.45, 2.75) is 58.0 Å². The minimum atomic E-state index is -0.176. The molecule has 3 nitrogen and oxygen atoms in total. The Labute approximate surface area is 121 Å². The van der Waals surface area contributed by atoms with E-state index in [-0.39, 0.29) is 12.1 Å². The molecular weight excluding hydrogens is 252 g/mol. The Balaban J connectivity index is 2.05. The monoisotopic (exact) mass is 276 g/mol. The van der Waals surface area contributed by atoms with Crippen molar-refractivity contribution >= 4 is 5.97 Å². The summed E-state index contributed by atoms with van der Waals surface area (Å²) in [6.45, 7) is 4.34. The average molecular weight is 276 g/mol. The van der Waals surface area contributed by atoms with Crippen LogP contribution < -0.4 is 4.74 Å². The normalized spacial score (nSPS) is 22.3. The molecule has 0 aromatic heterocycles. The molecule has 0 amide bonds. The SMILES string of the molecule is CCCOc1ccc([C@H]2CCCC[C@@H]2OC(C)=O)cc1. The van der Waals surface area contributed by atoms with Gasteiger partial charge in [-0.25, -0.2) is 0 Å². The van der Waals surface area contributed by atoms with E-state index in [1.165, 1.54) is 18.9 Å². The zero-order chi connectivity index (χ0) is 14.4. The van der Waals surface area contributed by atoms with Gasteiger partial charge >= 0.3 is 5.97 Å². The van der Waals surface area contributed by atoms with Crippen LogP contribution in [0.4, 0.5) is 0 Å². The number of esters is 1. The van der Waals surface area contributed by atoms with E-state index in [1.807, 2.05) is 12.1 Å². The Hall–Kier alpha value is -1.51. The first-order valence-electron chi connectivity index (χ1n) is 7.60. The maximum Gasteiger partial charge on any atom is 0.302 e. The maximum absolute atomic E-state index is 11.2. The highest BCUT2D eigenvalue weighted by Gasteiger charge is 2.28. The molecule has 0 saturated heterocycles. The molecule has 2 rings (SSSR count). The lowest BCUT2D eigenvalue weighted by molar-refractivity contribution is -0.148. The summed E-state index contributed by atoms with van der Waals surface area (Å²) in [6.07, 6.45) is 5.45. The smallest absolute Gasteiger partial charge is 0.302 e. The average Bonchev–Trinajstić information content (AvgIpc) is 2.46. The van der Waals surface area contributed by atoms with E-state index in [0.29, 0.717) is 5.92 Å². The molecule has 2 atom stereocenters. The predicted octanol–water partition coefficient (Wildman–Crippen LogP) is 4.06. The zero-order valence-electron chi connectivity index (χ0n) is 12.4. The Morgan fingerprint density at radius 1 is 1.20 bits per heavy atom. The summed E-state index contributed by atoms with van der Waals surface area (Å²) in [7, 11) is 0. The molecule has 0 bridgehead atoms. The van der Waals surface area contributed by atoms with Gasteiger partial charge < -0.3 is 9.47 Å². The minimum absolute atomic E-state index is 0.0312. The number of hydrogen-bond donors (Lipinski definition) is 0. The standard InChI is InChI=1S/C17H24O3/c1-3-12-19-15-10-8-14(9-11-15)16-6-4-5-7-17(16)20-13(2)18/h8-11,16-17H,3-7,12H2,1-2H3/t16-,17+/m1/s1. The van der Waals surface area contributed by atoms with Crippen molar-refractivity contribution in [2.24, 2.45) is 0 Å². The van der Waals surface area contributed by atoms with E-state index in [4.69, 9.17) is 9.47 Å². The van der Waals surface area contributed by atoms with Crippen LogP contribution in [-0.4, -0.2) is 18.7 Å². The number of ether oxygens (including phenoxy) is 2. The van der Waals surface area contributed by atoms with Crippen molar-refractivity contribution in [1.82, 2.24) is 0 Å². The summed E-state index contributed by atoms with van der Waals surface area (Å²) in [5, 5.41) is 0. The number of hydrogen-bond acceptors (Lipinski definition) is 3. The molecule has 1 aliphatic carbocycles. The van der Waals surface area contributed by atoms with Gasteiger partial charge in [-0.3, -0.25) is 4.79 Å². The van der Waals surface area contributed by atoms with Gasteiger partial charge in [0.2, 0.25) is 0 Å². The molecule has 1 aromatic carbocycles. The van der Waals surface area contributed by atoms with Crippen LogP contribution in [0, 0.1) is 0 Å². The minimum Gasteiger partial charge on any atom is -0.494 e. The van der Waals surface area contributed by atoms with Gasteiger partial charge in [0, 0.05) is 12.8 Å². The largest absolute Gasteiger partial charge is 0.494 e. The Morgan fingerprint density at radius 3 is 2.55 bits per heavy atom. The molecule has 110 valence electrons. The molecule has 1 fully saturated rings. The summed E-state index contributed by atoms with van der Waals surface area (Å²) in [5.41, 5.74) is 1.25. The quantitative estimate of drug-likeness (QED) is 0.761. The van der Waals surface area contributed by atoms with Gasteiger partial charge in [0.25, 0.3) is 0 Å². The van der Waals surface area contributed by atoms with Crippen molar-refractivity contribution in [2.75, 3.05) is 6.61 Å². The van der Waals surface area contributed by atoms with Crippen molar-refractivity contribution in [1.29, 1.82) is 0 Å². The second kappa shape index (κ2) is 7.32. The summed E-state index contributed by atoms with van der Waals surface area (Å²) in [5.74, 6) is 1.06. The molecule has 20 heavy (non-hydrogen) atoms. The number of benzene rings is 1. The van der Waals surface area contributed by atoms with Crippen LogP contribution >= 0.6 is 0 Å². The molecule has 1 aromatic rings. The third-order valence-corrected chi connectivity index (χ3v) is 3.80. The fourth-order valence-electron chi connectivity index (χ4n) is 2.86. The first-order valence-corrected chi connectivity index (χ1v) is 7.60. The predicted molar refractivity (Wildman–Crippen MR) is 79.0 cm³/mol. The molecule has 3 heteroatoms. The third-order valence-electron chi connectivity index (χ3n) is 3.80. The summed E-state index contributed by atoms with van der Waals surface area (Å²) >= 11 is 0. The molecule has 0 heterocycles. The first-order chi connectivity index (χ1) is 9.70. The highest BCUT2D eigenvalue weighted by molar-refractivity contribution is 5.66. The van der Waals surface area contributed by atoms with Crippen molar-refractivity contribution in [3.63, 3.8) is 0 Å². The van der Waals surface area contributed by atoms with Gasteiger partial charge in [0.05, 0.1) is 6.61 Å². The highest BCUT2D eigenvalue weighted by Crippen LogP contribution is 2.35. The highest BCUT2D eigenvalue weighted by atomic mass is 16.5. The second-order valence-corrected chi connectivity index (χ2v) is 5.46. The summed E-state index contributed by atoms with van der Waals surface area (Å²) in [4.78, 5) is 11.2. The summed E-state index contributed by atoms with van der Waals surface area (Å²) < 4.78 is 11.1. The van der Waals surface area contributed by atoms with Crippen LogP contribution in [0.25, 0.3) is 0 Å².